The zero-order valence-corrected chi connectivity index (χ0v) is 22.4. The Morgan fingerprint density at radius 2 is 1.97 bits per heavy atom. The average Bonchev–Trinajstić information content (AvgIpc) is 3.21. The van der Waals surface area contributed by atoms with Gasteiger partial charge in [0.2, 0.25) is 11.8 Å². The number of aryl methyl sites for hydroxylation is 1. The number of fused-ring (bicyclic) bond motifs is 4. The molecule has 1 aromatic carbocycles. The zero-order valence-electron chi connectivity index (χ0n) is 20.8. The highest BCUT2D eigenvalue weighted by molar-refractivity contribution is 9.10. The van der Waals surface area contributed by atoms with E-state index in [1.807, 2.05) is 24.3 Å². The van der Waals surface area contributed by atoms with Crippen molar-refractivity contribution in [2.24, 2.45) is 5.41 Å². The Morgan fingerprint density at radius 1 is 1.16 bits per heavy atom. The molecular formula is C28H28BrN5O3. The van der Waals surface area contributed by atoms with Crippen molar-refractivity contribution in [1.82, 2.24) is 19.7 Å². The molecule has 1 saturated carbocycles. The van der Waals surface area contributed by atoms with Crippen LogP contribution in [0.2, 0.25) is 0 Å². The summed E-state index contributed by atoms with van der Waals surface area (Å²) >= 11 is 3.55. The first-order valence-corrected chi connectivity index (χ1v) is 13.5. The van der Waals surface area contributed by atoms with Crippen LogP contribution in [0.15, 0.2) is 47.1 Å². The topological polar surface area (TPSA) is 97.2 Å². The number of nitrogens with zero attached hydrogens (tertiary/aromatic N) is 4. The molecule has 3 aliphatic rings. The first-order chi connectivity index (χ1) is 17.7. The fraction of sp³-hybridized carbons (Fsp3) is 0.393. The lowest BCUT2D eigenvalue weighted by Gasteiger charge is -2.27. The van der Waals surface area contributed by atoms with E-state index in [0.29, 0.717) is 24.4 Å². The van der Waals surface area contributed by atoms with Crippen molar-refractivity contribution < 1.29 is 14.4 Å². The van der Waals surface area contributed by atoms with Gasteiger partial charge in [-0.1, -0.05) is 37.3 Å². The number of hydrogen-bond donors (Lipinski definition) is 1. The van der Waals surface area contributed by atoms with Crippen LogP contribution in [0.5, 0.6) is 0 Å². The van der Waals surface area contributed by atoms with Crippen LogP contribution in [0.25, 0.3) is 10.9 Å². The van der Waals surface area contributed by atoms with Gasteiger partial charge in [0, 0.05) is 18.4 Å². The van der Waals surface area contributed by atoms with Gasteiger partial charge in [0.1, 0.15) is 28.7 Å². The van der Waals surface area contributed by atoms with Crippen LogP contribution in [-0.2, 0) is 29.0 Å². The van der Waals surface area contributed by atoms with E-state index in [2.05, 4.69) is 56.5 Å². The number of anilines is 1. The number of halogens is 1. The highest BCUT2D eigenvalue weighted by Gasteiger charge is 2.64. The number of allylic oxidation sites excluding steroid dienone is 2. The monoisotopic (exact) mass is 561 g/mol. The Balaban J connectivity index is 1.26. The van der Waals surface area contributed by atoms with E-state index in [0.717, 1.165) is 45.9 Å². The lowest BCUT2D eigenvalue weighted by Crippen LogP contribution is -2.47. The third-order valence-corrected chi connectivity index (χ3v) is 8.64. The van der Waals surface area contributed by atoms with Crippen LogP contribution in [0.4, 0.5) is 5.82 Å². The molecule has 3 aromatic rings. The molecule has 2 bridgehead atoms. The van der Waals surface area contributed by atoms with Gasteiger partial charge >= 0.3 is 0 Å². The summed E-state index contributed by atoms with van der Waals surface area (Å²) in [5.74, 6) is 0.00259. The van der Waals surface area contributed by atoms with Crippen LogP contribution < -0.4 is 5.32 Å². The van der Waals surface area contributed by atoms with Crippen LogP contribution in [0.3, 0.4) is 0 Å². The number of carbonyl (C=O) groups excluding carboxylic acids is 3. The van der Waals surface area contributed by atoms with Gasteiger partial charge in [0.05, 0.1) is 5.52 Å². The quantitative estimate of drug-likeness (QED) is 0.282. The Kier molecular flexibility index (Phi) is 5.78. The first-order valence-electron chi connectivity index (χ1n) is 12.7. The molecule has 3 atom stereocenters. The predicted molar refractivity (Wildman–Crippen MR) is 143 cm³/mol. The molecule has 9 heteroatoms. The molecule has 3 heterocycles. The maximum atomic E-state index is 13.7. The van der Waals surface area contributed by atoms with Crippen molar-refractivity contribution in [2.75, 3.05) is 5.32 Å². The Morgan fingerprint density at radius 3 is 2.78 bits per heavy atom. The molecule has 2 aliphatic carbocycles. The number of benzene rings is 1. The standard InChI is InChI=1S/C28H28BrN5O3/c1-16(35)24-19-10-6-7-11-20(19)33(32-24)15-23(36)34-21(13-28(2)14-22(28)34)27(37)31-26-18-9-5-3-4-8-17(12-18)25(29)30-26/h3,5-7,10-12,21-22H,4,8-9,13-15H2,1-2H3,(H,30,31,37)/b5-3-/t21-,22?,28-/m0/s1. The third kappa shape index (κ3) is 4.19. The molecule has 6 rings (SSSR count). The van der Waals surface area contributed by atoms with E-state index in [-0.39, 0.29) is 35.6 Å². The fourth-order valence-corrected chi connectivity index (χ4v) is 6.35. The number of nitrogens with one attached hydrogen (secondary N) is 1. The van der Waals surface area contributed by atoms with Crippen molar-refractivity contribution >= 4 is 50.2 Å². The summed E-state index contributed by atoms with van der Waals surface area (Å²) in [7, 11) is 0. The van der Waals surface area contributed by atoms with Crippen LogP contribution in [0, 0.1) is 5.41 Å². The first kappa shape index (κ1) is 24.0. The molecule has 2 aromatic heterocycles. The summed E-state index contributed by atoms with van der Waals surface area (Å²) in [5.41, 5.74) is 3.12. The number of para-hydroxylation sites is 1. The van der Waals surface area contributed by atoms with Gasteiger partial charge < -0.3 is 10.2 Å². The lowest BCUT2D eigenvalue weighted by atomic mass is 10.0. The molecule has 190 valence electrons. The van der Waals surface area contributed by atoms with Gasteiger partial charge in [-0.2, -0.15) is 5.10 Å². The van der Waals surface area contributed by atoms with Crippen molar-refractivity contribution in [3.63, 3.8) is 0 Å². The molecule has 2 fully saturated rings. The Labute approximate surface area is 223 Å². The van der Waals surface area contributed by atoms with E-state index in [9.17, 15) is 14.4 Å². The van der Waals surface area contributed by atoms with Gasteiger partial charge in [-0.05, 0) is 76.7 Å². The number of hydrogen-bond acceptors (Lipinski definition) is 5. The normalized spacial score (nSPS) is 24.8. The number of rotatable bonds is 5. The van der Waals surface area contributed by atoms with E-state index in [4.69, 9.17) is 0 Å². The number of aromatic nitrogens is 3. The molecule has 0 radical (unpaired) electrons. The summed E-state index contributed by atoms with van der Waals surface area (Å²) in [4.78, 5) is 45.8. The minimum Gasteiger partial charge on any atom is -0.325 e. The molecule has 1 saturated heterocycles. The SMILES string of the molecule is CC(=O)c1nn(CC(=O)N2C3C[C@]3(C)C[C@H]2C(=O)Nc2nc(Br)c3cc2C/C=C\CC3)c2ccccc12. The van der Waals surface area contributed by atoms with Gasteiger partial charge in [0.15, 0.2) is 5.78 Å². The minimum atomic E-state index is -0.582. The van der Waals surface area contributed by atoms with E-state index in [1.54, 1.807) is 9.58 Å². The number of piperidine rings is 1. The maximum Gasteiger partial charge on any atom is 0.248 e. The van der Waals surface area contributed by atoms with E-state index < -0.39 is 6.04 Å². The van der Waals surface area contributed by atoms with Crippen LogP contribution >= 0.6 is 15.9 Å². The summed E-state index contributed by atoms with van der Waals surface area (Å²) in [5, 5.41) is 8.22. The van der Waals surface area contributed by atoms with Crippen molar-refractivity contribution in [2.45, 2.75) is 64.6 Å². The predicted octanol–water partition coefficient (Wildman–Crippen LogP) is 4.46. The van der Waals surface area contributed by atoms with E-state index >= 15 is 0 Å². The number of pyridine rings is 1. The van der Waals surface area contributed by atoms with Crippen molar-refractivity contribution in [1.29, 1.82) is 0 Å². The van der Waals surface area contributed by atoms with E-state index in [1.165, 1.54) is 6.92 Å². The Hall–Kier alpha value is -3.33. The highest BCUT2D eigenvalue weighted by Crippen LogP contribution is 2.59. The second-order valence-corrected chi connectivity index (χ2v) is 11.4. The number of Topliss-reactive ketones (excluding diaryl/α,β-unsaturated/α-hetero) is 1. The zero-order chi connectivity index (χ0) is 25.9. The molecule has 1 aliphatic heterocycles. The molecule has 8 nitrogen and oxygen atoms in total. The number of carbonyl (C=O) groups is 3. The molecule has 0 spiro atoms. The molecular weight excluding hydrogens is 534 g/mol. The smallest absolute Gasteiger partial charge is 0.248 e. The summed E-state index contributed by atoms with van der Waals surface area (Å²) in [6, 6.07) is 8.96. The number of likely N-dealkylation sites (tertiary alicyclic amines) is 1. The molecule has 37 heavy (non-hydrogen) atoms. The van der Waals surface area contributed by atoms with Crippen molar-refractivity contribution in [3.8, 4) is 0 Å². The van der Waals surface area contributed by atoms with Gasteiger partial charge in [-0.25, -0.2) is 4.98 Å². The number of ketones is 1. The summed E-state index contributed by atoms with van der Waals surface area (Å²) in [6.45, 7) is 3.58. The Bertz CT molecular complexity index is 1490. The largest absolute Gasteiger partial charge is 0.325 e. The minimum absolute atomic E-state index is 0.0277. The maximum absolute atomic E-state index is 13.7. The second-order valence-electron chi connectivity index (χ2n) is 10.6. The van der Waals surface area contributed by atoms with Gasteiger partial charge in [0.25, 0.3) is 0 Å². The van der Waals surface area contributed by atoms with Crippen LogP contribution in [0.1, 0.15) is 54.7 Å². The highest BCUT2D eigenvalue weighted by atomic mass is 79.9. The molecule has 1 unspecified atom stereocenters. The average molecular weight is 562 g/mol. The number of amides is 2. The fourth-order valence-electron chi connectivity index (χ4n) is 5.86. The molecule has 2 amide bonds. The molecule has 1 N–H and O–H groups in total. The van der Waals surface area contributed by atoms with Gasteiger partial charge in [-0.15, -0.1) is 0 Å². The second kappa shape index (κ2) is 8.90. The lowest BCUT2D eigenvalue weighted by molar-refractivity contribution is -0.138. The van der Waals surface area contributed by atoms with Crippen molar-refractivity contribution in [3.05, 3.63) is 63.9 Å². The summed E-state index contributed by atoms with van der Waals surface area (Å²) in [6.07, 6.45) is 8.31. The van der Waals surface area contributed by atoms with Crippen LogP contribution in [-0.4, -0.2) is 49.3 Å². The van der Waals surface area contributed by atoms with Gasteiger partial charge in [-0.3, -0.25) is 19.1 Å². The summed E-state index contributed by atoms with van der Waals surface area (Å²) < 4.78 is 2.32. The third-order valence-electron chi connectivity index (χ3n) is 7.96.